The van der Waals surface area contributed by atoms with Gasteiger partial charge in [-0.2, -0.15) is 8.42 Å². The van der Waals surface area contributed by atoms with E-state index in [1.54, 1.807) is 6.07 Å². The van der Waals surface area contributed by atoms with Crippen molar-refractivity contribution in [1.82, 2.24) is 0 Å². The molecule has 0 heterocycles. The Kier molecular flexibility index (Phi) is 3.45. The lowest BCUT2D eigenvalue weighted by Crippen LogP contribution is -2.05. The van der Waals surface area contributed by atoms with Crippen molar-refractivity contribution in [2.75, 3.05) is 0 Å². The molecular weight excluding hydrogens is 280 g/mol. The van der Waals surface area contributed by atoms with E-state index in [1.807, 2.05) is 0 Å². The fourth-order valence-corrected chi connectivity index (χ4v) is 2.92. The van der Waals surface area contributed by atoms with Gasteiger partial charge < -0.3 is 0 Å². The predicted molar refractivity (Wildman–Crippen MR) is 73.8 cm³/mol. The lowest BCUT2D eigenvalue weighted by molar-refractivity contribution is 0.100. The highest BCUT2D eigenvalue weighted by Crippen LogP contribution is 2.29. The number of hydrogen-bond acceptors (Lipinski definition) is 4. The molecule has 104 valence electrons. The molecule has 0 aliphatic heterocycles. The summed E-state index contributed by atoms with van der Waals surface area (Å²) in [5.74, 6) is -0.598. The number of carbonyl (C=O) groups excluding carboxylic acids is 2. The molecule has 6 heteroatoms. The largest absolute Gasteiger partial charge is 0.295 e. The van der Waals surface area contributed by atoms with Gasteiger partial charge in [-0.15, -0.1) is 0 Å². The highest BCUT2D eigenvalue weighted by Gasteiger charge is 2.20. The topological polar surface area (TPSA) is 88.5 Å². The number of carbonyl (C=O) groups is 2. The summed E-state index contributed by atoms with van der Waals surface area (Å²) in [6, 6.07) is 7.05. The van der Waals surface area contributed by atoms with E-state index in [-0.39, 0.29) is 27.4 Å². The molecule has 0 saturated heterocycles. The molecule has 0 unspecified atom stereocenters. The smallest absolute Gasteiger partial charge is 0.294 e. The molecule has 5 nitrogen and oxygen atoms in total. The van der Waals surface area contributed by atoms with Crippen LogP contribution < -0.4 is 0 Å². The van der Waals surface area contributed by atoms with E-state index < -0.39 is 10.1 Å². The highest BCUT2D eigenvalue weighted by atomic mass is 32.2. The van der Waals surface area contributed by atoms with Gasteiger partial charge >= 0.3 is 0 Å². The second kappa shape index (κ2) is 4.81. The number of Topliss-reactive ketones (excluding diaryl/α,β-unsaturated/α-hetero) is 2. The summed E-state index contributed by atoms with van der Waals surface area (Å²) < 4.78 is 32.2. The van der Waals surface area contributed by atoms with E-state index in [4.69, 9.17) is 0 Å². The zero-order chi connectivity index (χ0) is 15.1. The van der Waals surface area contributed by atoms with Crippen LogP contribution in [-0.4, -0.2) is 24.5 Å². The molecule has 0 aromatic heterocycles. The molecule has 1 N–H and O–H groups in total. The quantitative estimate of drug-likeness (QED) is 0.693. The van der Waals surface area contributed by atoms with E-state index in [0.717, 1.165) is 0 Å². The zero-order valence-electron chi connectivity index (χ0n) is 10.9. The molecular formula is C14H12O5S. The fourth-order valence-electron chi connectivity index (χ4n) is 2.19. The lowest BCUT2D eigenvalue weighted by atomic mass is 9.96. The number of ketones is 2. The van der Waals surface area contributed by atoms with Crippen LogP contribution in [0.3, 0.4) is 0 Å². The van der Waals surface area contributed by atoms with Crippen molar-refractivity contribution in [1.29, 1.82) is 0 Å². The van der Waals surface area contributed by atoms with Crippen LogP contribution in [0.5, 0.6) is 0 Å². The molecule has 0 amide bonds. The van der Waals surface area contributed by atoms with Crippen molar-refractivity contribution in [3.63, 3.8) is 0 Å². The van der Waals surface area contributed by atoms with E-state index in [0.29, 0.717) is 10.9 Å². The van der Waals surface area contributed by atoms with E-state index in [1.165, 1.54) is 38.1 Å². The summed E-state index contributed by atoms with van der Waals surface area (Å²) in [6.07, 6.45) is 0. The first-order valence-electron chi connectivity index (χ1n) is 5.78. The first-order chi connectivity index (χ1) is 9.23. The fraction of sp³-hybridized carbons (Fsp3) is 0.143. The van der Waals surface area contributed by atoms with Gasteiger partial charge in [-0.3, -0.25) is 14.1 Å². The van der Waals surface area contributed by atoms with Gasteiger partial charge in [0.05, 0.1) is 0 Å². The molecule has 0 fully saturated rings. The predicted octanol–water partition coefficient (Wildman–Crippen LogP) is 2.49. The number of fused-ring (bicyclic) bond motifs is 1. The Bertz CT molecular complexity index is 834. The van der Waals surface area contributed by atoms with Crippen molar-refractivity contribution in [3.8, 4) is 0 Å². The standard InChI is InChI=1S/C14H12O5S/c1-8(15)10-6-7-11(9(2)16)14-12(10)4-3-5-13(14)20(17,18)19/h3-7H,1-2H3,(H,17,18,19). The van der Waals surface area contributed by atoms with Crippen molar-refractivity contribution < 1.29 is 22.6 Å². The molecule has 0 saturated carbocycles. The van der Waals surface area contributed by atoms with E-state index in [2.05, 4.69) is 0 Å². The molecule has 20 heavy (non-hydrogen) atoms. The Morgan fingerprint density at radius 2 is 1.50 bits per heavy atom. The maximum Gasteiger partial charge on any atom is 0.295 e. The zero-order valence-corrected chi connectivity index (χ0v) is 11.7. The number of benzene rings is 2. The van der Waals surface area contributed by atoms with E-state index in [9.17, 15) is 22.6 Å². The van der Waals surface area contributed by atoms with Crippen LogP contribution in [0, 0.1) is 0 Å². The van der Waals surface area contributed by atoms with Gasteiger partial charge in [0.1, 0.15) is 4.90 Å². The van der Waals surface area contributed by atoms with Crippen LogP contribution >= 0.6 is 0 Å². The van der Waals surface area contributed by atoms with E-state index >= 15 is 0 Å². The van der Waals surface area contributed by atoms with Crippen LogP contribution in [0.4, 0.5) is 0 Å². The molecule has 0 atom stereocenters. The average molecular weight is 292 g/mol. The Hall–Kier alpha value is -2.05. The minimum absolute atomic E-state index is 0.0789. The Morgan fingerprint density at radius 3 is 2.00 bits per heavy atom. The molecule has 2 rings (SSSR count). The van der Waals surface area contributed by atoms with Gasteiger partial charge in [-0.05, 0) is 25.3 Å². The van der Waals surface area contributed by atoms with Crippen LogP contribution in [0.15, 0.2) is 35.2 Å². The van der Waals surface area contributed by atoms with Crippen molar-refractivity contribution in [2.45, 2.75) is 18.7 Å². The van der Waals surface area contributed by atoms with Crippen LogP contribution in [-0.2, 0) is 10.1 Å². The van der Waals surface area contributed by atoms with Crippen molar-refractivity contribution >= 4 is 32.5 Å². The second-order valence-corrected chi connectivity index (χ2v) is 5.82. The number of rotatable bonds is 3. The Labute approximate surface area is 116 Å². The van der Waals surface area contributed by atoms with Gasteiger partial charge in [0.2, 0.25) is 0 Å². The SMILES string of the molecule is CC(=O)c1ccc(C(C)=O)c2c(S(=O)(=O)O)cccc12. The molecule has 0 spiro atoms. The maximum absolute atomic E-state index is 11.7. The summed E-state index contributed by atoms with van der Waals surface area (Å²) in [7, 11) is -4.49. The molecule has 0 aliphatic carbocycles. The molecule has 0 radical (unpaired) electrons. The maximum atomic E-state index is 11.7. The minimum atomic E-state index is -4.49. The van der Waals surface area contributed by atoms with Gasteiger partial charge in [-0.1, -0.05) is 24.3 Å². The molecule has 2 aromatic rings. The summed E-state index contributed by atoms with van der Waals surface area (Å²) >= 11 is 0. The third kappa shape index (κ3) is 2.35. The normalized spacial score (nSPS) is 11.6. The molecule has 0 aliphatic rings. The van der Waals surface area contributed by atoms with Crippen LogP contribution in [0.25, 0.3) is 10.8 Å². The molecule has 2 aromatic carbocycles. The highest BCUT2D eigenvalue weighted by molar-refractivity contribution is 7.86. The van der Waals surface area contributed by atoms with Gasteiger partial charge in [-0.25, -0.2) is 0 Å². The van der Waals surface area contributed by atoms with Gasteiger partial charge in [0.25, 0.3) is 10.1 Å². The van der Waals surface area contributed by atoms with Crippen LogP contribution in [0.1, 0.15) is 34.6 Å². The third-order valence-electron chi connectivity index (χ3n) is 3.04. The summed E-state index contributed by atoms with van der Waals surface area (Å²) in [4.78, 5) is 22.9. The number of hydrogen-bond donors (Lipinski definition) is 1. The summed E-state index contributed by atoms with van der Waals surface area (Å²) in [5, 5.41) is 0.413. The minimum Gasteiger partial charge on any atom is -0.294 e. The lowest BCUT2D eigenvalue weighted by Gasteiger charge is -2.10. The first kappa shape index (κ1) is 14.4. The Balaban J connectivity index is 3.09. The van der Waals surface area contributed by atoms with Crippen LogP contribution in [0.2, 0.25) is 0 Å². The first-order valence-corrected chi connectivity index (χ1v) is 7.22. The monoisotopic (exact) mass is 292 g/mol. The van der Waals surface area contributed by atoms with Gasteiger partial charge in [0, 0.05) is 16.5 Å². The Morgan fingerprint density at radius 1 is 0.950 bits per heavy atom. The third-order valence-corrected chi connectivity index (χ3v) is 3.93. The molecule has 0 bridgehead atoms. The van der Waals surface area contributed by atoms with Crippen molar-refractivity contribution in [2.24, 2.45) is 0 Å². The second-order valence-electron chi connectivity index (χ2n) is 4.43. The van der Waals surface area contributed by atoms with Gasteiger partial charge in [0.15, 0.2) is 11.6 Å². The van der Waals surface area contributed by atoms with Crippen molar-refractivity contribution in [3.05, 3.63) is 41.5 Å². The summed E-state index contributed by atoms with van der Waals surface area (Å²) in [5.41, 5.74) is 0.453. The summed E-state index contributed by atoms with van der Waals surface area (Å²) in [6.45, 7) is 2.64. The average Bonchev–Trinajstić information content (AvgIpc) is 2.34.